The predicted molar refractivity (Wildman–Crippen MR) is 69.5 cm³/mol. The Balaban J connectivity index is 1.83. The maximum Gasteiger partial charge on any atom is 0.246 e. The lowest BCUT2D eigenvalue weighted by Gasteiger charge is -2.49. The molecule has 0 radical (unpaired) electrons. The number of rotatable bonds is 1. The van der Waals surface area contributed by atoms with E-state index in [2.05, 4.69) is 0 Å². The number of nitrogens with zero attached hydrogens (tertiary/aromatic N) is 2. The molecule has 19 heavy (non-hydrogen) atoms. The maximum atomic E-state index is 12.7. The highest BCUT2D eigenvalue weighted by Crippen LogP contribution is 2.29. The van der Waals surface area contributed by atoms with Gasteiger partial charge in [-0.2, -0.15) is 0 Å². The molecule has 106 valence electrons. The highest BCUT2D eigenvalue weighted by molar-refractivity contribution is 5.97. The fraction of sp³-hybridized carbons (Fsp3) is 0.857. The van der Waals surface area contributed by atoms with E-state index in [9.17, 15) is 9.59 Å². The average Bonchev–Trinajstić information content (AvgIpc) is 2.46. The third-order valence-electron chi connectivity index (χ3n) is 4.63. The van der Waals surface area contributed by atoms with E-state index in [0.717, 1.165) is 45.3 Å². The Morgan fingerprint density at radius 1 is 1.11 bits per heavy atom. The molecule has 3 aliphatic rings. The van der Waals surface area contributed by atoms with Gasteiger partial charge >= 0.3 is 0 Å². The van der Waals surface area contributed by atoms with Gasteiger partial charge in [0.25, 0.3) is 0 Å². The van der Waals surface area contributed by atoms with Crippen LogP contribution in [0.3, 0.4) is 0 Å². The first-order chi connectivity index (χ1) is 9.20. The first-order valence-corrected chi connectivity index (χ1v) is 7.40. The zero-order chi connectivity index (χ0) is 13.4. The van der Waals surface area contributed by atoms with Crippen LogP contribution >= 0.6 is 0 Å². The molecular formula is C14H22N2O3. The second kappa shape index (κ2) is 5.12. The lowest BCUT2D eigenvalue weighted by molar-refractivity contribution is -0.168. The Morgan fingerprint density at radius 3 is 2.68 bits per heavy atom. The first kappa shape index (κ1) is 12.9. The van der Waals surface area contributed by atoms with Gasteiger partial charge in [0.2, 0.25) is 11.8 Å². The topological polar surface area (TPSA) is 49.9 Å². The van der Waals surface area contributed by atoms with E-state index in [1.165, 1.54) is 0 Å². The fourth-order valence-corrected chi connectivity index (χ4v) is 3.61. The van der Waals surface area contributed by atoms with Crippen molar-refractivity contribution >= 4 is 11.8 Å². The summed E-state index contributed by atoms with van der Waals surface area (Å²) in [5.74, 6) is 0.261. The maximum absolute atomic E-state index is 12.7. The van der Waals surface area contributed by atoms with Gasteiger partial charge in [-0.25, -0.2) is 0 Å². The third kappa shape index (κ3) is 2.14. The molecule has 5 nitrogen and oxygen atoms in total. The molecule has 0 N–H and O–H groups in total. The summed E-state index contributed by atoms with van der Waals surface area (Å²) in [6, 6.07) is -0.447. The zero-order valence-electron chi connectivity index (χ0n) is 11.5. The molecule has 0 aliphatic carbocycles. The van der Waals surface area contributed by atoms with Gasteiger partial charge in [0.05, 0.1) is 12.6 Å². The van der Waals surface area contributed by atoms with Gasteiger partial charge in [-0.05, 0) is 39.0 Å². The minimum Gasteiger partial charge on any atom is -0.379 e. The van der Waals surface area contributed by atoms with Crippen LogP contribution in [0.2, 0.25) is 0 Å². The van der Waals surface area contributed by atoms with Crippen molar-refractivity contribution in [1.82, 2.24) is 9.80 Å². The number of piperazine rings is 1. The Bertz CT molecular complexity index is 379. The van der Waals surface area contributed by atoms with Gasteiger partial charge in [-0.1, -0.05) is 0 Å². The van der Waals surface area contributed by atoms with E-state index in [0.29, 0.717) is 6.61 Å². The van der Waals surface area contributed by atoms with Gasteiger partial charge in [-0.3, -0.25) is 9.59 Å². The van der Waals surface area contributed by atoms with Crippen LogP contribution in [0.5, 0.6) is 0 Å². The molecule has 0 saturated carbocycles. The summed E-state index contributed by atoms with van der Waals surface area (Å²) in [4.78, 5) is 28.8. The average molecular weight is 266 g/mol. The Hall–Kier alpha value is -1.10. The van der Waals surface area contributed by atoms with E-state index < -0.39 is 0 Å². The summed E-state index contributed by atoms with van der Waals surface area (Å²) in [6.45, 7) is 3.96. The second-order valence-electron chi connectivity index (χ2n) is 5.84. The molecule has 3 saturated heterocycles. The minimum absolute atomic E-state index is 0.0873. The predicted octanol–water partition coefficient (Wildman–Crippen LogP) is 0.777. The lowest BCUT2D eigenvalue weighted by Crippen LogP contribution is -2.67. The number of fused-ring (bicyclic) bond motifs is 1. The summed E-state index contributed by atoms with van der Waals surface area (Å²) in [5.41, 5.74) is 0. The molecule has 3 aliphatic heterocycles. The molecule has 5 heteroatoms. The van der Waals surface area contributed by atoms with Gasteiger partial charge < -0.3 is 14.5 Å². The van der Waals surface area contributed by atoms with E-state index in [-0.39, 0.29) is 29.9 Å². The van der Waals surface area contributed by atoms with Crippen LogP contribution in [0.4, 0.5) is 0 Å². The molecule has 3 atom stereocenters. The van der Waals surface area contributed by atoms with Crippen molar-refractivity contribution in [2.75, 3.05) is 19.8 Å². The molecule has 3 unspecified atom stereocenters. The molecule has 0 aromatic carbocycles. The van der Waals surface area contributed by atoms with Crippen LogP contribution in [0, 0.1) is 0 Å². The Kier molecular flexibility index (Phi) is 3.48. The molecule has 3 fully saturated rings. The van der Waals surface area contributed by atoms with Crippen molar-refractivity contribution < 1.29 is 14.3 Å². The standard InChI is InChI=1S/C14H22N2O3/c1-10-13(17)15-7-3-2-6-12(15)14(18)16(10)11-5-4-8-19-9-11/h10-12H,2-9H2,1H3. The molecule has 0 aromatic rings. The van der Waals surface area contributed by atoms with Gasteiger partial charge in [-0.15, -0.1) is 0 Å². The molecule has 2 amide bonds. The number of carbonyl (C=O) groups excluding carboxylic acids is 2. The summed E-state index contributed by atoms with van der Waals surface area (Å²) in [6.07, 6.45) is 4.82. The third-order valence-corrected chi connectivity index (χ3v) is 4.63. The molecule has 0 bridgehead atoms. The zero-order valence-corrected chi connectivity index (χ0v) is 11.5. The Morgan fingerprint density at radius 2 is 1.95 bits per heavy atom. The molecule has 0 aromatic heterocycles. The Labute approximate surface area is 113 Å². The van der Waals surface area contributed by atoms with E-state index in [1.54, 1.807) is 4.90 Å². The smallest absolute Gasteiger partial charge is 0.246 e. The molecule has 3 heterocycles. The van der Waals surface area contributed by atoms with Crippen molar-refractivity contribution in [3.05, 3.63) is 0 Å². The van der Waals surface area contributed by atoms with Crippen LogP contribution in [-0.4, -0.2) is 59.5 Å². The van der Waals surface area contributed by atoms with Crippen molar-refractivity contribution in [2.24, 2.45) is 0 Å². The summed E-state index contributed by atoms with van der Waals surface area (Å²) in [5, 5.41) is 0. The van der Waals surface area contributed by atoms with Crippen LogP contribution in [0.25, 0.3) is 0 Å². The van der Waals surface area contributed by atoms with Gasteiger partial charge in [0.15, 0.2) is 0 Å². The van der Waals surface area contributed by atoms with E-state index >= 15 is 0 Å². The van der Waals surface area contributed by atoms with Gasteiger partial charge in [0.1, 0.15) is 12.1 Å². The van der Waals surface area contributed by atoms with E-state index in [4.69, 9.17) is 4.74 Å². The largest absolute Gasteiger partial charge is 0.379 e. The van der Waals surface area contributed by atoms with Gasteiger partial charge in [0, 0.05) is 13.2 Å². The van der Waals surface area contributed by atoms with E-state index in [1.807, 2.05) is 11.8 Å². The molecule has 0 spiro atoms. The number of carbonyl (C=O) groups is 2. The quantitative estimate of drug-likeness (QED) is 0.704. The number of amides is 2. The minimum atomic E-state index is -0.325. The van der Waals surface area contributed by atoms with Crippen molar-refractivity contribution in [3.8, 4) is 0 Å². The number of ether oxygens (including phenoxy) is 1. The SMILES string of the molecule is CC1C(=O)N2CCCCC2C(=O)N1C1CCCOC1. The van der Waals surface area contributed by atoms with Crippen molar-refractivity contribution in [1.29, 1.82) is 0 Å². The second-order valence-corrected chi connectivity index (χ2v) is 5.84. The number of piperidine rings is 1. The number of hydrogen-bond donors (Lipinski definition) is 0. The normalized spacial score (nSPS) is 36.4. The lowest BCUT2D eigenvalue weighted by atomic mass is 9.93. The van der Waals surface area contributed by atoms with Crippen LogP contribution in [-0.2, 0) is 14.3 Å². The molecular weight excluding hydrogens is 244 g/mol. The highest BCUT2D eigenvalue weighted by atomic mass is 16.5. The first-order valence-electron chi connectivity index (χ1n) is 7.40. The van der Waals surface area contributed by atoms with Crippen LogP contribution in [0.15, 0.2) is 0 Å². The fourth-order valence-electron chi connectivity index (χ4n) is 3.61. The van der Waals surface area contributed by atoms with Crippen LogP contribution < -0.4 is 0 Å². The number of hydrogen-bond acceptors (Lipinski definition) is 3. The highest BCUT2D eigenvalue weighted by Gasteiger charge is 2.47. The summed E-state index contributed by atoms with van der Waals surface area (Å²) >= 11 is 0. The summed E-state index contributed by atoms with van der Waals surface area (Å²) < 4.78 is 5.48. The monoisotopic (exact) mass is 266 g/mol. The van der Waals surface area contributed by atoms with Crippen molar-refractivity contribution in [3.63, 3.8) is 0 Å². The van der Waals surface area contributed by atoms with Crippen molar-refractivity contribution in [2.45, 2.75) is 57.2 Å². The molecule has 3 rings (SSSR count). The summed E-state index contributed by atoms with van der Waals surface area (Å²) in [7, 11) is 0. The van der Waals surface area contributed by atoms with Crippen LogP contribution in [0.1, 0.15) is 39.0 Å².